The van der Waals surface area contributed by atoms with Crippen LogP contribution in [0.2, 0.25) is 0 Å². The van der Waals surface area contributed by atoms with E-state index in [0.717, 1.165) is 23.8 Å². The van der Waals surface area contributed by atoms with Gasteiger partial charge in [0, 0.05) is 23.6 Å². The monoisotopic (exact) mass is 296 g/mol. The Labute approximate surface area is 120 Å². The van der Waals surface area contributed by atoms with Gasteiger partial charge in [-0.15, -0.1) is 11.3 Å². The number of hydrogen-bond acceptors (Lipinski definition) is 6. The van der Waals surface area contributed by atoms with E-state index in [1.807, 2.05) is 17.8 Å². The van der Waals surface area contributed by atoms with Gasteiger partial charge < -0.3 is 16.4 Å². The average molecular weight is 296 g/mol. The van der Waals surface area contributed by atoms with Crippen LogP contribution in [0, 0.1) is 11.3 Å². The molecule has 0 aliphatic carbocycles. The fourth-order valence-corrected chi connectivity index (χ4v) is 4.33. The second kappa shape index (κ2) is 4.94. The van der Waals surface area contributed by atoms with Crippen molar-refractivity contribution < 1.29 is 4.79 Å². The Morgan fingerprint density at radius 1 is 1.53 bits per heavy atom. The second-order valence-corrected chi connectivity index (χ2v) is 7.83. The van der Waals surface area contributed by atoms with Gasteiger partial charge in [0.25, 0.3) is 5.91 Å². The van der Waals surface area contributed by atoms with Crippen LogP contribution in [-0.2, 0) is 0 Å². The molecule has 7 heteroatoms. The Balaban J connectivity index is 2.45. The van der Waals surface area contributed by atoms with Crippen LogP contribution in [-0.4, -0.2) is 29.5 Å². The largest absolute Gasteiger partial charge is 0.396 e. The number of thioether (sulfide) groups is 1. The van der Waals surface area contributed by atoms with Crippen molar-refractivity contribution in [3.8, 4) is 6.07 Å². The molecule has 1 saturated heterocycles. The summed E-state index contributed by atoms with van der Waals surface area (Å²) in [6, 6.07) is 2.02. The Morgan fingerprint density at radius 3 is 2.74 bits per heavy atom. The highest BCUT2D eigenvalue weighted by Gasteiger charge is 2.31. The summed E-state index contributed by atoms with van der Waals surface area (Å²) in [6.07, 6.45) is 0. The fraction of sp³-hybridized carbons (Fsp3) is 0.500. The quantitative estimate of drug-likeness (QED) is 0.864. The summed E-state index contributed by atoms with van der Waals surface area (Å²) >= 11 is 3.15. The molecule has 1 aliphatic rings. The molecule has 5 nitrogen and oxygen atoms in total. The molecule has 0 radical (unpaired) electrons. The number of hydrogen-bond donors (Lipinski definition) is 2. The first-order valence-corrected chi connectivity index (χ1v) is 7.67. The minimum atomic E-state index is -0.568. The Morgan fingerprint density at radius 2 is 2.21 bits per heavy atom. The normalized spacial score (nSPS) is 18.1. The SMILES string of the molecule is CC1(C)CN(c2sc(C#N)c(N)c2C(N)=O)CCS1. The Bertz CT molecular complexity index is 559. The maximum Gasteiger partial charge on any atom is 0.253 e. The van der Waals surface area contributed by atoms with Crippen molar-refractivity contribution in [1.29, 1.82) is 5.26 Å². The van der Waals surface area contributed by atoms with Gasteiger partial charge in [0.05, 0.1) is 11.3 Å². The third kappa shape index (κ3) is 2.65. The van der Waals surface area contributed by atoms with Gasteiger partial charge in [0.2, 0.25) is 0 Å². The molecule has 0 aromatic carbocycles. The number of nitriles is 1. The number of carbonyl (C=O) groups excluding carboxylic acids is 1. The fourth-order valence-electron chi connectivity index (χ4n) is 2.17. The number of thiophene rings is 1. The molecule has 0 unspecified atom stereocenters. The first kappa shape index (κ1) is 14.0. The topological polar surface area (TPSA) is 96.1 Å². The van der Waals surface area contributed by atoms with Crippen molar-refractivity contribution in [2.24, 2.45) is 5.73 Å². The van der Waals surface area contributed by atoms with Crippen LogP contribution in [0.3, 0.4) is 0 Å². The van der Waals surface area contributed by atoms with E-state index in [1.165, 1.54) is 11.3 Å². The summed E-state index contributed by atoms with van der Waals surface area (Å²) in [4.78, 5) is 14.1. The number of primary amides is 1. The smallest absolute Gasteiger partial charge is 0.253 e. The van der Waals surface area contributed by atoms with E-state index < -0.39 is 5.91 Å². The van der Waals surface area contributed by atoms with E-state index in [2.05, 4.69) is 18.7 Å². The highest BCUT2D eigenvalue weighted by atomic mass is 32.2. The Hall–Kier alpha value is -1.39. The highest BCUT2D eigenvalue weighted by Crippen LogP contribution is 2.41. The van der Waals surface area contributed by atoms with Crippen molar-refractivity contribution >= 4 is 39.7 Å². The zero-order valence-electron chi connectivity index (χ0n) is 10.9. The van der Waals surface area contributed by atoms with E-state index in [4.69, 9.17) is 16.7 Å². The minimum absolute atomic E-state index is 0.110. The van der Waals surface area contributed by atoms with Crippen molar-refractivity contribution in [3.05, 3.63) is 10.4 Å². The lowest BCUT2D eigenvalue weighted by Crippen LogP contribution is -2.43. The maximum absolute atomic E-state index is 11.6. The summed E-state index contributed by atoms with van der Waals surface area (Å²) in [5, 5.41) is 9.78. The van der Waals surface area contributed by atoms with Crippen molar-refractivity contribution in [3.63, 3.8) is 0 Å². The zero-order valence-corrected chi connectivity index (χ0v) is 12.5. The van der Waals surface area contributed by atoms with E-state index in [-0.39, 0.29) is 10.4 Å². The van der Waals surface area contributed by atoms with Crippen molar-refractivity contribution in [2.75, 3.05) is 29.5 Å². The Kier molecular flexibility index (Phi) is 3.65. The van der Waals surface area contributed by atoms with Gasteiger partial charge in [0.1, 0.15) is 15.9 Å². The third-order valence-corrected chi connectivity index (χ3v) is 5.46. The maximum atomic E-state index is 11.6. The number of nitrogen functional groups attached to an aromatic ring is 1. The van der Waals surface area contributed by atoms with Gasteiger partial charge in [-0.2, -0.15) is 17.0 Å². The standard InChI is InChI=1S/C12H16N4OS2/c1-12(2)6-16(3-4-18-12)11-8(10(15)17)9(14)7(5-13)19-11/h3-4,6,14H2,1-2H3,(H2,15,17). The number of rotatable bonds is 2. The zero-order chi connectivity index (χ0) is 14.2. The lowest BCUT2D eigenvalue weighted by Gasteiger charge is -2.38. The summed E-state index contributed by atoms with van der Waals surface area (Å²) in [5.74, 6) is 0.409. The molecule has 0 saturated carbocycles. The lowest BCUT2D eigenvalue weighted by atomic mass is 10.1. The van der Waals surface area contributed by atoms with Gasteiger partial charge in [0.15, 0.2) is 0 Å². The lowest BCUT2D eigenvalue weighted by molar-refractivity contribution is 0.100. The molecule has 2 heterocycles. The molecule has 1 amide bonds. The molecule has 0 atom stereocenters. The van der Waals surface area contributed by atoms with Crippen LogP contribution in [0.25, 0.3) is 0 Å². The van der Waals surface area contributed by atoms with Crippen LogP contribution in [0.4, 0.5) is 10.7 Å². The predicted molar refractivity (Wildman–Crippen MR) is 80.7 cm³/mol. The molecule has 1 aliphatic heterocycles. The molecular formula is C12H16N4OS2. The summed E-state index contributed by atoms with van der Waals surface area (Å²) in [6.45, 7) is 5.97. The molecule has 0 bridgehead atoms. The number of anilines is 2. The number of amides is 1. The van der Waals surface area contributed by atoms with Gasteiger partial charge in [-0.25, -0.2) is 0 Å². The first-order valence-electron chi connectivity index (χ1n) is 5.87. The van der Waals surface area contributed by atoms with E-state index >= 15 is 0 Å². The molecule has 102 valence electrons. The number of nitrogens with two attached hydrogens (primary N) is 2. The van der Waals surface area contributed by atoms with Crippen LogP contribution >= 0.6 is 23.1 Å². The minimum Gasteiger partial charge on any atom is -0.396 e. The van der Waals surface area contributed by atoms with Crippen LogP contribution in [0.15, 0.2) is 0 Å². The first-order chi connectivity index (χ1) is 8.85. The van der Waals surface area contributed by atoms with Gasteiger partial charge in [-0.3, -0.25) is 4.79 Å². The highest BCUT2D eigenvalue weighted by molar-refractivity contribution is 8.00. The van der Waals surface area contributed by atoms with Crippen LogP contribution in [0.1, 0.15) is 29.1 Å². The van der Waals surface area contributed by atoms with Gasteiger partial charge in [-0.1, -0.05) is 0 Å². The predicted octanol–water partition coefficient (Wildman–Crippen LogP) is 1.63. The molecule has 1 fully saturated rings. The van der Waals surface area contributed by atoms with E-state index in [1.54, 1.807) is 0 Å². The molecule has 19 heavy (non-hydrogen) atoms. The summed E-state index contributed by atoms with van der Waals surface area (Å²) in [5.41, 5.74) is 11.8. The number of carbonyl (C=O) groups is 1. The molecule has 0 spiro atoms. The van der Waals surface area contributed by atoms with Gasteiger partial charge >= 0.3 is 0 Å². The summed E-state index contributed by atoms with van der Waals surface area (Å²) in [7, 11) is 0. The average Bonchev–Trinajstić information content (AvgIpc) is 2.65. The van der Waals surface area contributed by atoms with Crippen molar-refractivity contribution in [2.45, 2.75) is 18.6 Å². The molecule has 4 N–H and O–H groups in total. The van der Waals surface area contributed by atoms with Gasteiger partial charge in [-0.05, 0) is 13.8 Å². The molecule has 2 rings (SSSR count). The van der Waals surface area contributed by atoms with Crippen LogP contribution in [0.5, 0.6) is 0 Å². The van der Waals surface area contributed by atoms with Crippen LogP contribution < -0.4 is 16.4 Å². The molecule has 1 aromatic heterocycles. The van der Waals surface area contributed by atoms with E-state index in [9.17, 15) is 4.79 Å². The van der Waals surface area contributed by atoms with E-state index in [0.29, 0.717) is 10.4 Å². The molecule has 1 aromatic rings. The number of nitrogens with zero attached hydrogens (tertiary/aromatic N) is 2. The summed E-state index contributed by atoms with van der Waals surface area (Å²) < 4.78 is 0.110. The third-order valence-electron chi connectivity index (χ3n) is 2.99. The molecular weight excluding hydrogens is 280 g/mol. The second-order valence-electron chi connectivity index (χ2n) is 5.03. The van der Waals surface area contributed by atoms with Crippen molar-refractivity contribution in [1.82, 2.24) is 0 Å².